The normalized spacial score (nSPS) is 18.0. The summed E-state index contributed by atoms with van der Waals surface area (Å²) < 4.78 is 31.6. The van der Waals surface area contributed by atoms with Gasteiger partial charge in [-0.2, -0.15) is 0 Å². The van der Waals surface area contributed by atoms with E-state index in [2.05, 4.69) is 20.5 Å². The monoisotopic (exact) mass is 368 g/mol. The molecule has 1 heterocycles. The topological polar surface area (TPSA) is 48.9 Å². The minimum absolute atomic E-state index is 0.174. The third kappa shape index (κ3) is 6.21. The maximum Gasteiger partial charge on any atom is 0.191 e. The van der Waals surface area contributed by atoms with Crippen LogP contribution in [-0.4, -0.2) is 57.8 Å². The van der Waals surface area contributed by atoms with Gasteiger partial charge >= 0.3 is 0 Å². The lowest BCUT2D eigenvalue weighted by Crippen LogP contribution is -2.43. The summed E-state index contributed by atoms with van der Waals surface area (Å²) in [6.07, 6.45) is 2.29. The van der Waals surface area contributed by atoms with Gasteiger partial charge in [-0.15, -0.1) is 0 Å². The van der Waals surface area contributed by atoms with Crippen LogP contribution in [0.4, 0.5) is 8.78 Å². The van der Waals surface area contributed by atoms with Crippen LogP contribution in [0, 0.1) is 17.6 Å². The van der Waals surface area contributed by atoms with E-state index in [1.165, 1.54) is 6.07 Å². The highest BCUT2D eigenvalue weighted by molar-refractivity contribution is 5.80. The Morgan fingerprint density at radius 3 is 2.65 bits per heavy atom. The van der Waals surface area contributed by atoms with E-state index in [0.717, 1.165) is 51.7 Å². The molecule has 1 fully saturated rings. The zero-order valence-electron chi connectivity index (χ0n) is 15.9. The van der Waals surface area contributed by atoms with E-state index in [9.17, 15) is 8.78 Å². The molecule has 1 aromatic carbocycles. The van der Waals surface area contributed by atoms with Gasteiger partial charge < -0.3 is 20.3 Å². The van der Waals surface area contributed by atoms with Crippen LogP contribution in [0.3, 0.4) is 0 Å². The number of hydrogen-bond donors (Lipinski definition) is 2. The number of likely N-dealkylation sites (tertiary alicyclic amines) is 1. The number of methoxy groups -OCH3 is 1. The van der Waals surface area contributed by atoms with Crippen molar-refractivity contribution in [2.45, 2.75) is 25.8 Å². The molecule has 1 aliphatic rings. The van der Waals surface area contributed by atoms with Crippen molar-refractivity contribution in [2.24, 2.45) is 10.9 Å². The Balaban J connectivity index is 1.76. The highest BCUT2D eigenvalue weighted by Gasteiger charge is 2.19. The Morgan fingerprint density at radius 2 is 2.04 bits per heavy atom. The third-order valence-electron chi connectivity index (χ3n) is 4.90. The molecule has 7 heteroatoms. The molecule has 1 unspecified atom stereocenters. The van der Waals surface area contributed by atoms with Crippen molar-refractivity contribution in [3.8, 4) is 0 Å². The number of nitrogens with zero attached hydrogens (tertiary/aromatic N) is 2. The first kappa shape index (κ1) is 20.6. The van der Waals surface area contributed by atoms with Gasteiger partial charge in [-0.25, -0.2) is 8.78 Å². The molecule has 0 spiro atoms. The van der Waals surface area contributed by atoms with E-state index in [-0.39, 0.29) is 6.04 Å². The van der Waals surface area contributed by atoms with E-state index < -0.39 is 11.6 Å². The SMILES string of the molecule is CN=C(NCC1CCN(CCOC)CC1)NC(C)c1ccc(F)c(F)c1. The molecular weight excluding hydrogens is 338 g/mol. The van der Waals surface area contributed by atoms with E-state index in [1.54, 1.807) is 20.2 Å². The Bertz CT molecular complexity index is 589. The first-order valence-corrected chi connectivity index (χ1v) is 9.17. The molecule has 0 saturated carbocycles. The highest BCUT2D eigenvalue weighted by atomic mass is 19.2. The maximum atomic E-state index is 13.4. The lowest BCUT2D eigenvalue weighted by atomic mass is 9.97. The van der Waals surface area contributed by atoms with Crippen LogP contribution in [0.2, 0.25) is 0 Å². The van der Waals surface area contributed by atoms with Crippen molar-refractivity contribution in [3.63, 3.8) is 0 Å². The van der Waals surface area contributed by atoms with Crippen LogP contribution >= 0.6 is 0 Å². The van der Waals surface area contributed by atoms with E-state index in [0.29, 0.717) is 17.4 Å². The van der Waals surface area contributed by atoms with Gasteiger partial charge in [0.05, 0.1) is 12.6 Å². The number of aliphatic imine (C=N–C) groups is 1. The molecule has 1 atom stereocenters. The molecule has 2 N–H and O–H groups in total. The molecular formula is C19H30F2N4O. The predicted molar refractivity (Wildman–Crippen MR) is 100 cm³/mol. The van der Waals surface area contributed by atoms with Gasteiger partial charge in [-0.05, 0) is 56.5 Å². The fraction of sp³-hybridized carbons (Fsp3) is 0.632. The predicted octanol–water partition coefficient (Wildman–Crippen LogP) is 2.55. The van der Waals surface area contributed by atoms with Crippen molar-refractivity contribution in [2.75, 3.05) is 46.9 Å². The average Bonchev–Trinajstić information content (AvgIpc) is 2.66. The molecule has 0 amide bonds. The zero-order chi connectivity index (χ0) is 18.9. The number of halogens is 2. The van der Waals surface area contributed by atoms with Gasteiger partial charge in [0.25, 0.3) is 0 Å². The summed E-state index contributed by atoms with van der Waals surface area (Å²) in [7, 11) is 3.44. The Morgan fingerprint density at radius 1 is 1.31 bits per heavy atom. The summed E-state index contributed by atoms with van der Waals surface area (Å²) in [6, 6.07) is 3.78. The largest absolute Gasteiger partial charge is 0.383 e. The van der Waals surface area contributed by atoms with Crippen molar-refractivity contribution < 1.29 is 13.5 Å². The standard InChI is InChI=1S/C19H30F2N4O/c1-14(16-4-5-17(20)18(21)12-16)24-19(22-2)23-13-15-6-8-25(9-7-15)10-11-26-3/h4-5,12,14-15H,6-11,13H2,1-3H3,(H2,22,23,24). The second-order valence-corrected chi connectivity index (χ2v) is 6.77. The van der Waals surface area contributed by atoms with Crippen LogP contribution < -0.4 is 10.6 Å². The van der Waals surface area contributed by atoms with Gasteiger partial charge in [0.2, 0.25) is 0 Å². The van der Waals surface area contributed by atoms with Gasteiger partial charge in [0, 0.05) is 27.2 Å². The smallest absolute Gasteiger partial charge is 0.191 e. The van der Waals surface area contributed by atoms with E-state index in [4.69, 9.17) is 4.74 Å². The van der Waals surface area contributed by atoms with Crippen LogP contribution in [-0.2, 0) is 4.74 Å². The lowest BCUT2D eigenvalue weighted by molar-refractivity contribution is 0.121. The molecule has 0 bridgehead atoms. The minimum atomic E-state index is -0.834. The fourth-order valence-electron chi connectivity index (χ4n) is 3.14. The molecule has 1 aromatic rings. The summed E-state index contributed by atoms with van der Waals surface area (Å²) in [5.74, 6) is -0.394. The highest BCUT2D eigenvalue weighted by Crippen LogP contribution is 2.17. The first-order chi connectivity index (χ1) is 12.5. The van der Waals surface area contributed by atoms with Crippen molar-refractivity contribution in [3.05, 3.63) is 35.4 Å². The molecule has 0 aliphatic carbocycles. The van der Waals surface area contributed by atoms with Gasteiger partial charge in [0.15, 0.2) is 17.6 Å². The number of piperidine rings is 1. The fourth-order valence-corrected chi connectivity index (χ4v) is 3.14. The van der Waals surface area contributed by atoms with E-state index in [1.807, 2.05) is 6.92 Å². The second-order valence-electron chi connectivity index (χ2n) is 6.77. The summed E-state index contributed by atoms with van der Waals surface area (Å²) in [6.45, 7) is 6.70. The number of benzene rings is 1. The van der Waals surface area contributed by atoms with E-state index >= 15 is 0 Å². The Hall–Kier alpha value is -1.73. The quantitative estimate of drug-likeness (QED) is 0.574. The van der Waals surface area contributed by atoms with Crippen LogP contribution in [0.25, 0.3) is 0 Å². The van der Waals surface area contributed by atoms with Crippen molar-refractivity contribution >= 4 is 5.96 Å². The first-order valence-electron chi connectivity index (χ1n) is 9.17. The molecule has 2 rings (SSSR count). The Labute approximate surface area is 154 Å². The molecule has 1 saturated heterocycles. The number of guanidine groups is 1. The average molecular weight is 368 g/mol. The second kappa shape index (κ2) is 10.4. The summed E-state index contributed by atoms with van der Waals surface area (Å²) in [5.41, 5.74) is 0.679. The number of rotatable bonds is 7. The molecule has 1 aliphatic heterocycles. The van der Waals surface area contributed by atoms with Gasteiger partial charge in [-0.1, -0.05) is 6.07 Å². The summed E-state index contributed by atoms with van der Waals surface area (Å²) in [4.78, 5) is 6.66. The summed E-state index contributed by atoms with van der Waals surface area (Å²) >= 11 is 0. The molecule has 26 heavy (non-hydrogen) atoms. The number of nitrogens with one attached hydrogen (secondary N) is 2. The number of hydrogen-bond acceptors (Lipinski definition) is 3. The molecule has 0 aromatic heterocycles. The van der Waals surface area contributed by atoms with Gasteiger partial charge in [0.1, 0.15) is 0 Å². The lowest BCUT2D eigenvalue weighted by Gasteiger charge is -2.32. The minimum Gasteiger partial charge on any atom is -0.383 e. The maximum absolute atomic E-state index is 13.4. The Kier molecular flexibility index (Phi) is 8.25. The molecule has 146 valence electrons. The van der Waals surface area contributed by atoms with Crippen LogP contribution in [0.15, 0.2) is 23.2 Å². The number of ether oxygens (including phenoxy) is 1. The zero-order valence-corrected chi connectivity index (χ0v) is 15.9. The molecule has 5 nitrogen and oxygen atoms in total. The van der Waals surface area contributed by atoms with Crippen molar-refractivity contribution in [1.29, 1.82) is 0 Å². The summed E-state index contributed by atoms with van der Waals surface area (Å²) in [5, 5.41) is 6.58. The molecule has 0 radical (unpaired) electrons. The van der Waals surface area contributed by atoms with Crippen LogP contribution in [0.1, 0.15) is 31.4 Å². The van der Waals surface area contributed by atoms with Crippen LogP contribution in [0.5, 0.6) is 0 Å². The van der Waals surface area contributed by atoms with Gasteiger partial charge in [-0.3, -0.25) is 4.99 Å². The van der Waals surface area contributed by atoms with Crippen molar-refractivity contribution in [1.82, 2.24) is 15.5 Å². The third-order valence-corrected chi connectivity index (χ3v) is 4.90.